The number of rotatable bonds is 7. The zero-order valence-electron chi connectivity index (χ0n) is 16.7. The van der Waals surface area contributed by atoms with Crippen LogP contribution < -0.4 is 19.5 Å². The molecule has 4 aromatic rings. The molecular weight excluding hydrogens is 384 g/mol. The third kappa shape index (κ3) is 3.50. The fourth-order valence-corrected chi connectivity index (χ4v) is 3.22. The van der Waals surface area contributed by atoms with Gasteiger partial charge >= 0.3 is 0 Å². The van der Waals surface area contributed by atoms with E-state index < -0.39 is 0 Å². The van der Waals surface area contributed by atoms with Crippen molar-refractivity contribution in [2.24, 2.45) is 0 Å². The van der Waals surface area contributed by atoms with Gasteiger partial charge in [0.2, 0.25) is 11.7 Å². The smallest absolute Gasteiger partial charge is 0.229 e. The summed E-state index contributed by atoms with van der Waals surface area (Å²) in [7, 11) is 4.67. The van der Waals surface area contributed by atoms with Gasteiger partial charge in [0.05, 0.1) is 21.3 Å². The monoisotopic (exact) mass is 404 g/mol. The van der Waals surface area contributed by atoms with Crippen LogP contribution in [0.5, 0.6) is 17.2 Å². The van der Waals surface area contributed by atoms with E-state index in [1.165, 1.54) is 0 Å². The van der Waals surface area contributed by atoms with Gasteiger partial charge in [-0.3, -0.25) is 4.79 Å². The maximum Gasteiger partial charge on any atom is 0.229 e. The molecule has 0 amide bonds. The highest BCUT2D eigenvalue weighted by Gasteiger charge is 2.14. The molecule has 8 heteroatoms. The Labute approximate surface area is 173 Å². The molecule has 30 heavy (non-hydrogen) atoms. The largest absolute Gasteiger partial charge is 0.493 e. The summed E-state index contributed by atoms with van der Waals surface area (Å²) in [6.45, 7) is 0. The Kier molecular flexibility index (Phi) is 5.21. The Balaban J connectivity index is 1.73. The lowest BCUT2D eigenvalue weighted by Gasteiger charge is -2.14. The predicted molar refractivity (Wildman–Crippen MR) is 114 cm³/mol. The Morgan fingerprint density at radius 2 is 1.77 bits per heavy atom. The van der Waals surface area contributed by atoms with Gasteiger partial charge in [-0.05, 0) is 18.2 Å². The molecule has 0 saturated heterocycles. The molecule has 0 atom stereocenters. The van der Waals surface area contributed by atoms with Crippen molar-refractivity contribution in [2.45, 2.75) is 0 Å². The number of carbonyl (C=O) groups excluding carboxylic acids is 1. The van der Waals surface area contributed by atoms with Gasteiger partial charge in [0.1, 0.15) is 11.9 Å². The van der Waals surface area contributed by atoms with Crippen molar-refractivity contribution in [3.05, 3.63) is 60.4 Å². The van der Waals surface area contributed by atoms with Crippen LogP contribution in [0.25, 0.3) is 16.7 Å². The van der Waals surface area contributed by atoms with E-state index in [9.17, 15) is 4.79 Å². The lowest BCUT2D eigenvalue weighted by molar-refractivity contribution is 0.112. The summed E-state index contributed by atoms with van der Waals surface area (Å²) in [4.78, 5) is 20.2. The molecule has 8 nitrogen and oxygen atoms in total. The van der Waals surface area contributed by atoms with Crippen molar-refractivity contribution in [1.82, 2.24) is 14.5 Å². The second kappa shape index (κ2) is 8.12. The van der Waals surface area contributed by atoms with E-state index in [-0.39, 0.29) is 0 Å². The summed E-state index contributed by atoms with van der Waals surface area (Å²) < 4.78 is 18.1. The number of aldehydes is 1. The molecule has 0 saturated carbocycles. The van der Waals surface area contributed by atoms with Crippen molar-refractivity contribution in [1.29, 1.82) is 0 Å². The average Bonchev–Trinajstić information content (AvgIpc) is 3.21. The number of benzene rings is 2. The van der Waals surface area contributed by atoms with E-state index in [1.807, 2.05) is 29.0 Å². The number of hydrogen-bond acceptors (Lipinski definition) is 7. The van der Waals surface area contributed by atoms with Gasteiger partial charge in [-0.25, -0.2) is 4.98 Å². The second-order valence-corrected chi connectivity index (χ2v) is 6.41. The summed E-state index contributed by atoms with van der Waals surface area (Å²) in [5.41, 5.74) is 2.83. The Morgan fingerprint density at radius 3 is 2.43 bits per heavy atom. The van der Waals surface area contributed by atoms with E-state index in [4.69, 9.17) is 14.2 Å². The maximum absolute atomic E-state index is 11.1. The minimum atomic E-state index is 0.406. The third-order valence-electron chi connectivity index (χ3n) is 4.63. The highest BCUT2D eigenvalue weighted by atomic mass is 16.5. The lowest BCUT2D eigenvalue weighted by Crippen LogP contribution is -2.02. The normalized spacial score (nSPS) is 10.6. The van der Waals surface area contributed by atoms with Crippen LogP contribution in [0.15, 0.2) is 54.9 Å². The average molecular weight is 404 g/mol. The molecule has 0 fully saturated rings. The minimum absolute atomic E-state index is 0.406. The van der Waals surface area contributed by atoms with Crippen LogP contribution in [-0.2, 0) is 0 Å². The SMILES string of the molecule is COc1cc(Nc2ncc3ccn(-c4cccc(C=O)c4)c3n2)cc(OC)c1OC. The minimum Gasteiger partial charge on any atom is -0.493 e. The highest BCUT2D eigenvalue weighted by molar-refractivity contribution is 5.80. The Bertz CT molecular complexity index is 1190. The number of nitrogens with one attached hydrogen (secondary N) is 1. The van der Waals surface area contributed by atoms with Crippen LogP contribution in [0.3, 0.4) is 0 Å². The molecule has 0 bridgehead atoms. The first-order valence-electron chi connectivity index (χ1n) is 9.13. The fraction of sp³-hybridized carbons (Fsp3) is 0.136. The van der Waals surface area contributed by atoms with Crippen molar-refractivity contribution in [3.63, 3.8) is 0 Å². The van der Waals surface area contributed by atoms with Gasteiger partial charge < -0.3 is 24.1 Å². The Hall–Kier alpha value is -4.07. The first-order valence-corrected chi connectivity index (χ1v) is 9.13. The van der Waals surface area contributed by atoms with Crippen LogP contribution in [0.1, 0.15) is 10.4 Å². The number of carbonyl (C=O) groups is 1. The number of fused-ring (bicyclic) bond motifs is 1. The topological polar surface area (TPSA) is 87.5 Å². The zero-order chi connectivity index (χ0) is 21.1. The van der Waals surface area contributed by atoms with E-state index >= 15 is 0 Å². The van der Waals surface area contributed by atoms with Crippen LogP contribution in [0.2, 0.25) is 0 Å². The number of ether oxygens (including phenoxy) is 3. The predicted octanol–water partition coefficient (Wildman–Crippen LogP) is 4.00. The molecule has 0 unspecified atom stereocenters. The molecule has 1 N–H and O–H groups in total. The molecule has 2 aromatic carbocycles. The highest BCUT2D eigenvalue weighted by Crippen LogP contribution is 2.40. The first-order chi connectivity index (χ1) is 14.7. The second-order valence-electron chi connectivity index (χ2n) is 6.41. The molecule has 0 aliphatic heterocycles. The number of nitrogens with zero attached hydrogens (tertiary/aromatic N) is 3. The number of aromatic nitrogens is 3. The van der Waals surface area contributed by atoms with Crippen LogP contribution in [0, 0.1) is 0 Å². The molecule has 152 valence electrons. The molecule has 0 radical (unpaired) electrons. The standard InChI is InChI=1S/C22H20N4O4/c1-28-18-10-16(11-19(29-2)20(18)30-3)24-22-23-12-15-7-8-26(21(15)25-22)17-6-4-5-14(9-17)13-27/h4-13H,1-3H3,(H,23,24,25). The van der Waals surface area contributed by atoms with Crippen LogP contribution in [-0.4, -0.2) is 42.2 Å². The van der Waals surface area contributed by atoms with E-state index in [0.29, 0.717) is 40.1 Å². The van der Waals surface area contributed by atoms with Crippen molar-refractivity contribution in [3.8, 4) is 22.9 Å². The molecular formula is C22H20N4O4. The van der Waals surface area contributed by atoms with Gasteiger partial charge in [0, 0.05) is 46.9 Å². The summed E-state index contributed by atoms with van der Waals surface area (Å²) in [6, 6.07) is 12.8. The van der Waals surface area contributed by atoms with Gasteiger partial charge in [-0.15, -0.1) is 0 Å². The van der Waals surface area contributed by atoms with E-state index in [2.05, 4.69) is 15.3 Å². The van der Waals surface area contributed by atoms with Crippen LogP contribution in [0.4, 0.5) is 11.6 Å². The number of methoxy groups -OCH3 is 3. The summed E-state index contributed by atoms with van der Waals surface area (Å²) in [6.07, 6.45) is 4.46. The van der Waals surface area contributed by atoms with Gasteiger partial charge in [0.15, 0.2) is 11.5 Å². The molecule has 0 aliphatic carbocycles. The van der Waals surface area contributed by atoms with E-state index in [0.717, 1.165) is 17.4 Å². The van der Waals surface area contributed by atoms with Gasteiger partial charge in [-0.1, -0.05) is 12.1 Å². The van der Waals surface area contributed by atoms with Crippen molar-refractivity contribution in [2.75, 3.05) is 26.6 Å². The molecule has 4 rings (SSSR count). The molecule has 2 aromatic heterocycles. The van der Waals surface area contributed by atoms with Crippen molar-refractivity contribution >= 4 is 29.0 Å². The fourth-order valence-electron chi connectivity index (χ4n) is 3.22. The lowest BCUT2D eigenvalue weighted by atomic mass is 10.2. The van der Waals surface area contributed by atoms with Gasteiger partial charge in [-0.2, -0.15) is 4.98 Å². The number of anilines is 2. The molecule has 2 heterocycles. The van der Waals surface area contributed by atoms with Crippen LogP contribution >= 0.6 is 0 Å². The Morgan fingerprint density at radius 1 is 1.00 bits per heavy atom. The van der Waals surface area contributed by atoms with Gasteiger partial charge in [0.25, 0.3) is 0 Å². The zero-order valence-corrected chi connectivity index (χ0v) is 16.7. The summed E-state index contributed by atoms with van der Waals surface area (Å²) in [5.74, 6) is 1.96. The molecule has 0 spiro atoms. The number of hydrogen-bond donors (Lipinski definition) is 1. The quantitative estimate of drug-likeness (QED) is 0.466. The molecule has 0 aliphatic rings. The first kappa shape index (κ1) is 19.3. The maximum atomic E-state index is 11.1. The van der Waals surface area contributed by atoms with E-state index in [1.54, 1.807) is 51.8 Å². The summed E-state index contributed by atoms with van der Waals surface area (Å²) >= 11 is 0. The van der Waals surface area contributed by atoms with Crippen molar-refractivity contribution < 1.29 is 19.0 Å². The summed E-state index contributed by atoms with van der Waals surface area (Å²) in [5, 5.41) is 4.06. The third-order valence-corrected chi connectivity index (χ3v) is 4.63.